The maximum absolute atomic E-state index is 5.54. The molecule has 0 aliphatic carbocycles. The molecule has 3 aromatic heterocycles. The summed E-state index contributed by atoms with van der Waals surface area (Å²) >= 11 is 0. The van der Waals surface area contributed by atoms with Crippen LogP contribution in [0.4, 0.5) is 11.4 Å². The molecule has 5 heterocycles. The van der Waals surface area contributed by atoms with Crippen molar-refractivity contribution in [1.82, 2.24) is 35.0 Å². The number of hydrogen-bond acceptors (Lipinski definition) is 8. The number of hydrogen-bond donors (Lipinski definition) is 3. The molecule has 6 rings (SSSR count). The molecule has 10 heteroatoms. The summed E-state index contributed by atoms with van der Waals surface area (Å²) in [6.45, 7) is 8.16. The standard InChI is InChI=1S/C25H29N9O/c1-15-20(34-9-11-35-12-10-34)6-5-18-21(15)31-25(30-18)17-13-28-19-14-33(3)32-23(19)22(17)29-16(2)24-26-7-4-8-27-24/h4-8,14,16,28-29H,9-13H2,1-3H3,(H,30,31)/t16-/m0/s1. The number of H-pyrrole nitrogens is 1. The van der Waals surface area contributed by atoms with Gasteiger partial charge in [0.25, 0.3) is 0 Å². The lowest BCUT2D eigenvalue weighted by Gasteiger charge is -2.30. The van der Waals surface area contributed by atoms with E-state index < -0.39 is 0 Å². The first-order chi connectivity index (χ1) is 17.1. The highest BCUT2D eigenvalue weighted by Gasteiger charge is 2.27. The Labute approximate surface area is 203 Å². The zero-order chi connectivity index (χ0) is 23.9. The Morgan fingerprint density at radius 1 is 1.14 bits per heavy atom. The van der Waals surface area contributed by atoms with Crippen molar-refractivity contribution in [1.29, 1.82) is 0 Å². The second-order valence-electron chi connectivity index (χ2n) is 9.03. The average molecular weight is 472 g/mol. The highest BCUT2D eigenvalue weighted by atomic mass is 16.5. The lowest BCUT2D eigenvalue weighted by atomic mass is 10.0. The molecule has 0 radical (unpaired) electrons. The molecule has 3 N–H and O–H groups in total. The van der Waals surface area contributed by atoms with Gasteiger partial charge in [0.1, 0.15) is 17.3 Å². The fourth-order valence-electron chi connectivity index (χ4n) is 4.88. The molecule has 0 unspecified atom stereocenters. The number of imidazole rings is 1. The van der Waals surface area contributed by atoms with Gasteiger partial charge < -0.3 is 25.3 Å². The topological polar surface area (TPSA) is 109 Å². The van der Waals surface area contributed by atoms with E-state index in [4.69, 9.17) is 14.8 Å². The van der Waals surface area contributed by atoms with Crippen LogP contribution in [0.1, 0.15) is 35.9 Å². The van der Waals surface area contributed by atoms with E-state index in [1.54, 1.807) is 12.4 Å². The van der Waals surface area contributed by atoms with Crippen LogP contribution in [0.5, 0.6) is 0 Å². The van der Waals surface area contributed by atoms with Crippen molar-refractivity contribution in [2.75, 3.05) is 43.1 Å². The summed E-state index contributed by atoms with van der Waals surface area (Å²) in [5.74, 6) is 1.56. The van der Waals surface area contributed by atoms with Crippen LogP contribution < -0.4 is 15.5 Å². The van der Waals surface area contributed by atoms with Gasteiger partial charge in [0.05, 0.1) is 41.7 Å². The molecule has 2 aliphatic rings. The lowest BCUT2D eigenvalue weighted by Crippen LogP contribution is -2.36. The summed E-state index contributed by atoms with van der Waals surface area (Å²) in [6, 6.07) is 5.99. The Morgan fingerprint density at radius 3 is 2.74 bits per heavy atom. The van der Waals surface area contributed by atoms with Crippen LogP contribution in [0.2, 0.25) is 0 Å². The van der Waals surface area contributed by atoms with Crippen LogP contribution in [-0.2, 0) is 11.8 Å². The number of aromatic amines is 1. The summed E-state index contributed by atoms with van der Waals surface area (Å²) in [5, 5.41) is 11.9. The summed E-state index contributed by atoms with van der Waals surface area (Å²) in [7, 11) is 1.93. The first-order valence-electron chi connectivity index (χ1n) is 12.0. The molecule has 0 bridgehead atoms. The van der Waals surface area contributed by atoms with Crippen LogP contribution in [0.3, 0.4) is 0 Å². The SMILES string of the molecule is Cc1c(N2CCOCC2)ccc2nc(C3=C(N[C@@H](C)c4ncccn4)c4nn(C)cc4NC3)[nH]c12. The molecule has 1 atom stereocenters. The molecule has 180 valence electrons. The first kappa shape index (κ1) is 21.6. The third-order valence-electron chi connectivity index (χ3n) is 6.68. The number of anilines is 2. The third-order valence-corrected chi connectivity index (χ3v) is 6.68. The van der Waals surface area contributed by atoms with Crippen molar-refractivity contribution >= 4 is 33.7 Å². The normalized spacial score (nSPS) is 16.8. The fourth-order valence-corrected chi connectivity index (χ4v) is 4.88. The van der Waals surface area contributed by atoms with E-state index in [2.05, 4.69) is 56.5 Å². The number of aryl methyl sites for hydroxylation is 2. The Kier molecular flexibility index (Phi) is 5.37. The summed E-state index contributed by atoms with van der Waals surface area (Å²) in [5.41, 5.74) is 8.25. The quantitative estimate of drug-likeness (QED) is 0.408. The number of morpholine rings is 1. The van der Waals surface area contributed by atoms with Crippen LogP contribution in [0.15, 0.2) is 36.8 Å². The van der Waals surface area contributed by atoms with E-state index in [0.717, 1.165) is 71.6 Å². The minimum Gasteiger partial charge on any atom is -0.378 e. The molecule has 4 aromatic rings. The molecule has 1 saturated heterocycles. The molecule has 1 fully saturated rings. The zero-order valence-corrected chi connectivity index (χ0v) is 20.2. The number of ether oxygens (including phenoxy) is 1. The van der Waals surface area contributed by atoms with Gasteiger partial charge in [-0.15, -0.1) is 0 Å². The van der Waals surface area contributed by atoms with Crippen molar-refractivity contribution in [3.05, 3.63) is 59.7 Å². The van der Waals surface area contributed by atoms with Crippen LogP contribution in [-0.4, -0.2) is 62.6 Å². The van der Waals surface area contributed by atoms with Crippen LogP contribution in [0, 0.1) is 6.92 Å². The van der Waals surface area contributed by atoms with E-state index in [1.807, 2.05) is 24.0 Å². The summed E-state index contributed by atoms with van der Waals surface area (Å²) < 4.78 is 7.36. The van der Waals surface area contributed by atoms with Gasteiger partial charge in [-0.25, -0.2) is 15.0 Å². The Morgan fingerprint density at radius 2 is 1.94 bits per heavy atom. The predicted octanol–water partition coefficient (Wildman–Crippen LogP) is 2.88. The van der Waals surface area contributed by atoms with Gasteiger partial charge in [-0.2, -0.15) is 5.10 Å². The van der Waals surface area contributed by atoms with Gasteiger partial charge in [0, 0.05) is 56.5 Å². The highest BCUT2D eigenvalue weighted by molar-refractivity contribution is 5.97. The Balaban J connectivity index is 1.43. The number of fused-ring (bicyclic) bond motifs is 2. The fraction of sp³-hybridized carbons (Fsp3) is 0.360. The number of nitrogens with zero attached hydrogens (tertiary/aromatic N) is 6. The maximum Gasteiger partial charge on any atom is 0.150 e. The number of rotatable bonds is 5. The Bertz CT molecular complexity index is 1400. The molecule has 0 spiro atoms. The predicted molar refractivity (Wildman–Crippen MR) is 136 cm³/mol. The second kappa shape index (κ2) is 8.70. The zero-order valence-electron chi connectivity index (χ0n) is 20.2. The minimum atomic E-state index is -0.104. The largest absolute Gasteiger partial charge is 0.378 e. The van der Waals surface area contributed by atoms with Gasteiger partial charge in [-0.3, -0.25) is 4.68 Å². The third kappa shape index (κ3) is 3.89. The average Bonchev–Trinajstić information content (AvgIpc) is 3.49. The summed E-state index contributed by atoms with van der Waals surface area (Å²) in [6.07, 6.45) is 5.52. The van der Waals surface area contributed by atoms with Gasteiger partial charge in [-0.1, -0.05) is 0 Å². The van der Waals surface area contributed by atoms with Crippen molar-refractivity contribution in [3.8, 4) is 0 Å². The van der Waals surface area contributed by atoms with E-state index in [1.165, 1.54) is 11.3 Å². The van der Waals surface area contributed by atoms with Crippen molar-refractivity contribution in [3.63, 3.8) is 0 Å². The minimum absolute atomic E-state index is 0.104. The maximum atomic E-state index is 5.54. The monoisotopic (exact) mass is 471 g/mol. The van der Waals surface area contributed by atoms with Crippen molar-refractivity contribution in [2.24, 2.45) is 7.05 Å². The van der Waals surface area contributed by atoms with Gasteiger partial charge >= 0.3 is 0 Å². The number of benzene rings is 1. The highest BCUT2D eigenvalue weighted by Crippen LogP contribution is 2.35. The van der Waals surface area contributed by atoms with E-state index >= 15 is 0 Å². The molecule has 1 aromatic carbocycles. The van der Waals surface area contributed by atoms with E-state index in [0.29, 0.717) is 6.54 Å². The molecular weight excluding hydrogens is 442 g/mol. The van der Waals surface area contributed by atoms with E-state index in [9.17, 15) is 0 Å². The van der Waals surface area contributed by atoms with Gasteiger partial charge in [0.2, 0.25) is 0 Å². The van der Waals surface area contributed by atoms with Gasteiger partial charge in [0.15, 0.2) is 0 Å². The lowest BCUT2D eigenvalue weighted by molar-refractivity contribution is 0.122. The molecule has 10 nitrogen and oxygen atoms in total. The first-order valence-corrected chi connectivity index (χ1v) is 12.0. The van der Waals surface area contributed by atoms with Crippen molar-refractivity contribution in [2.45, 2.75) is 19.9 Å². The van der Waals surface area contributed by atoms with Gasteiger partial charge in [-0.05, 0) is 37.6 Å². The second-order valence-corrected chi connectivity index (χ2v) is 9.03. The Hall–Kier alpha value is -3.92. The molecular formula is C25H29N9O. The molecule has 0 amide bonds. The van der Waals surface area contributed by atoms with Crippen LogP contribution in [0.25, 0.3) is 22.3 Å². The number of aromatic nitrogens is 6. The summed E-state index contributed by atoms with van der Waals surface area (Å²) in [4.78, 5) is 19.9. The number of nitrogens with one attached hydrogen (secondary N) is 3. The molecule has 0 saturated carbocycles. The van der Waals surface area contributed by atoms with E-state index in [-0.39, 0.29) is 6.04 Å². The molecule has 35 heavy (non-hydrogen) atoms. The van der Waals surface area contributed by atoms with Crippen molar-refractivity contribution < 1.29 is 4.74 Å². The van der Waals surface area contributed by atoms with Crippen LogP contribution >= 0.6 is 0 Å². The molecule has 2 aliphatic heterocycles. The smallest absolute Gasteiger partial charge is 0.150 e.